The largest absolute Gasteiger partial charge is 0.372 e. The normalized spacial score (nSPS) is 18.5. The van der Waals surface area contributed by atoms with E-state index in [2.05, 4.69) is 10.6 Å². The topological polar surface area (TPSA) is 70.7 Å². The van der Waals surface area contributed by atoms with Gasteiger partial charge in [-0.05, 0) is 68.7 Å². The number of benzene rings is 2. The number of hydrogen-bond acceptors (Lipinski definition) is 4. The van der Waals surface area contributed by atoms with Crippen molar-refractivity contribution in [2.45, 2.75) is 46.4 Å². The molecule has 2 N–H and O–H groups in total. The lowest BCUT2D eigenvalue weighted by atomic mass is 10.1. The Labute approximate surface area is 182 Å². The molecule has 1 heterocycles. The second-order valence-electron chi connectivity index (χ2n) is 8.21. The summed E-state index contributed by atoms with van der Waals surface area (Å²) >= 11 is 0. The highest BCUT2D eigenvalue weighted by atomic mass is 19.1. The molecule has 7 heteroatoms. The minimum Gasteiger partial charge on any atom is -0.372 e. The maximum Gasteiger partial charge on any atom is 0.251 e. The van der Waals surface area contributed by atoms with Gasteiger partial charge in [0, 0.05) is 25.2 Å². The third-order valence-corrected chi connectivity index (χ3v) is 5.44. The van der Waals surface area contributed by atoms with E-state index in [-0.39, 0.29) is 42.9 Å². The highest BCUT2D eigenvalue weighted by molar-refractivity contribution is 5.96. The summed E-state index contributed by atoms with van der Waals surface area (Å²) in [6, 6.07) is 10.4. The number of carbonyl (C=O) groups is 2. The molecule has 0 saturated carbocycles. The lowest BCUT2D eigenvalue weighted by Crippen LogP contribution is -2.45. The quantitative estimate of drug-likeness (QED) is 0.743. The zero-order valence-corrected chi connectivity index (χ0v) is 18.5. The summed E-state index contributed by atoms with van der Waals surface area (Å²) in [6.07, 6.45) is 0.0855. The minimum atomic E-state index is -0.336. The molecule has 0 aromatic heterocycles. The first-order chi connectivity index (χ1) is 14.7. The maximum atomic E-state index is 14.7. The highest BCUT2D eigenvalue weighted by Gasteiger charge is 2.24. The summed E-state index contributed by atoms with van der Waals surface area (Å²) in [5.74, 6) is -0.962. The van der Waals surface area contributed by atoms with Gasteiger partial charge in [-0.3, -0.25) is 9.59 Å². The van der Waals surface area contributed by atoms with Crippen molar-refractivity contribution in [2.75, 3.05) is 24.5 Å². The summed E-state index contributed by atoms with van der Waals surface area (Å²) in [4.78, 5) is 26.3. The maximum absolute atomic E-state index is 14.7. The zero-order chi connectivity index (χ0) is 22.5. The molecule has 1 aliphatic heterocycles. The Morgan fingerprint density at radius 1 is 1.03 bits per heavy atom. The smallest absolute Gasteiger partial charge is 0.251 e. The summed E-state index contributed by atoms with van der Waals surface area (Å²) in [5, 5.41) is 5.32. The number of rotatable bonds is 6. The summed E-state index contributed by atoms with van der Waals surface area (Å²) in [5.41, 5.74) is 3.83. The standard InChI is InChI=1S/C24H30FN3O3/c1-15-5-7-20(9-16(15)2)24(30)27-12-23(29)26-11-19-6-8-22(21(25)10-19)28-13-17(3)31-18(4)14-28/h5-10,17-18H,11-14H2,1-4H3,(H,26,29)(H,27,30). The number of nitrogens with one attached hydrogen (secondary N) is 2. The zero-order valence-electron chi connectivity index (χ0n) is 18.5. The van der Waals surface area contributed by atoms with E-state index in [0.29, 0.717) is 29.9 Å². The van der Waals surface area contributed by atoms with Crippen LogP contribution in [-0.2, 0) is 16.1 Å². The predicted molar refractivity (Wildman–Crippen MR) is 119 cm³/mol. The van der Waals surface area contributed by atoms with Crippen molar-refractivity contribution in [3.63, 3.8) is 0 Å². The van der Waals surface area contributed by atoms with Crippen LogP contribution in [-0.4, -0.2) is 43.7 Å². The number of carbonyl (C=O) groups excluding carboxylic acids is 2. The average Bonchev–Trinajstić information content (AvgIpc) is 2.71. The van der Waals surface area contributed by atoms with E-state index in [1.54, 1.807) is 24.3 Å². The van der Waals surface area contributed by atoms with E-state index >= 15 is 0 Å². The van der Waals surface area contributed by atoms with Gasteiger partial charge in [0.25, 0.3) is 5.91 Å². The molecule has 2 aromatic rings. The molecule has 0 aliphatic carbocycles. The first-order valence-electron chi connectivity index (χ1n) is 10.5. The van der Waals surface area contributed by atoms with E-state index in [0.717, 1.165) is 11.1 Å². The molecule has 2 amide bonds. The van der Waals surface area contributed by atoms with Gasteiger partial charge in [-0.1, -0.05) is 12.1 Å². The number of ether oxygens (including phenoxy) is 1. The molecule has 1 saturated heterocycles. The molecule has 1 aliphatic rings. The molecule has 0 spiro atoms. The first kappa shape index (κ1) is 22.7. The fraction of sp³-hybridized carbons (Fsp3) is 0.417. The van der Waals surface area contributed by atoms with Crippen LogP contribution >= 0.6 is 0 Å². The minimum absolute atomic E-state index is 0.0427. The van der Waals surface area contributed by atoms with Crippen LogP contribution in [0.25, 0.3) is 0 Å². The Bertz CT molecular complexity index is 953. The molecule has 2 aromatic carbocycles. The molecule has 6 nitrogen and oxygen atoms in total. The van der Waals surface area contributed by atoms with Crippen molar-refractivity contribution in [1.29, 1.82) is 0 Å². The van der Waals surface area contributed by atoms with E-state index in [4.69, 9.17) is 4.74 Å². The van der Waals surface area contributed by atoms with Gasteiger partial charge in [-0.2, -0.15) is 0 Å². The highest BCUT2D eigenvalue weighted by Crippen LogP contribution is 2.24. The Morgan fingerprint density at radius 3 is 2.39 bits per heavy atom. The van der Waals surface area contributed by atoms with Crippen molar-refractivity contribution in [2.24, 2.45) is 0 Å². The fourth-order valence-corrected chi connectivity index (χ4v) is 3.70. The SMILES string of the molecule is Cc1ccc(C(=O)NCC(=O)NCc2ccc(N3CC(C)OC(C)C3)c(F)c2)cc1C. The van der Waals surface area contributed by atoms with Gasteiger partial charge in [0.15, 0.2) is 0 Å². The van der Waals surface area contributed by atoms with E-state index in [1.807, 2.05) is 38.7 Å². The molecular weight excluding hydrogens is 397 g/mol. The lowest BCUT2D eigenvalue weighted by Gasteiger charge is -2.37. The van der Waals surface area contributed by atoms with Crippen molar-refractivity contribution in [3.8, 4) is 0 Å². The third-order valence-electron chi connectivity index (χ3n) is 5.44. The number of aryl methyl sites for hydroxylation is 2. The van der Waals surface area contributed by atoms with Crippen molar-refractivity contribution in [3.05, 3.63) is 64.5 Å². The second-order valence-corrected chi connectivity index (χ2v) is 8.21. The third kappa shape index (κ3) is 6.04. The van der Waals surface area contributed by atoms with Gasteiger partial charge in [-0.15, -0.1) is 0 Å². The molecule has 2 unspecified atom stereocenters. The number of morpholine rings is 1. The van der Waals surface area contributed by atoms with Crippen LogP contribution in [0.3, 0.4) is 0 Å². The average molecular weight is 428 g/mol. The van der Waals surface area contributed by atoms with Gasteiger partial charge in [-0.25, -0.2) is 4.39 Å². The molecule has 0 bridgehead atoms. The molecule has 3 rings (SSSR count). The van der Waals surface area contributed by atoms with E-state index < -0.39 is 0 Å². The van der Waals surface area contributed by atoms with E-state index in [9.17, 15) is 14.0 Å². The summed E-state index contributed by atoms with van der Waals surface area (Å²) in [7, 11) is 0. The van der Waals surface area contributed by atoms with Crippen LogP contribution in [0, 0.1) is 19.7 Å². The van der Waals surface area contributed by atoms with Crippen molar-refractivity contribution >= 4 is 17.5 Å². The monoisotopic (exact) mass is 427 g/mol. The lowest BCUT2D eigenvalue weighted by molar-refractivity contribution is -0.120. The second kappa shape index (κ2) is 9.92. The Morgan fingerprint density at radius 2 is 1.74 bits per heavy atom. The summed E-state index contributed by atoms with van der Waals surface area (Å²) in [6.45, 7) is 9.17. The first-order valence-corrected chi connectivity index (χ1v) is 10.5. The molecule has 31 heavy (non-hydrogen) atoms. The Balaban J connectivity index is 1.50. The van der Waals surface area contributed by atoms with Gasteiger partial charge >= 0.3 is 0 Å². The van der Waals surface area contributed by atoms with Crippen LogP contribution in [0.4, 0.5) is 10.1 Å². The fourth-order valence-electron chi connectivity index (χ4n) is 3.70. The summed E-state index contributed by atoms with van der Waals surface area (Å²) < 4.78 is 20.4. The Hall–Kier alpha value is -2.93. The van der Waals surface area contributed by atoms with E-state index in [1.165, 1.54) is 6.07 Å². The number of nitrogens with zero attached hydrogens (tertiary/aromatic N) is 1. The van der Waals surface area contributed by atoms with Crippen LogP contribution in [0.15, 0.2) is 36.4 Å². The molecule has 2 atom stereocenters. The number of amides is 2. The predicted octanol–water partition coefficient (Wildman–Crippen LogP) is 3.10. The van der Waals surface area contributed by atoms with Crippen molar-refractivity contribution in [1.82, 2.24) is 10.6 Å². The molecule has 0 radical (unpaired) electrons. The number of hydrogen-bond donors (Lipinski definition) is 2. The molecule has 166 valence electrons. The van der Waals surface area contributed by atoms with Gasteiger partial charge in [0.05, 0.1) is 24.4 Å². The van der Waals surface area contributed by atoms with Crippen LogP contribution in [0.1, 0.15) is 40.9 Å². The van der Waals surface area contributed by atoms with Crippen LogP contribution < -0.4 is 15.5 Å². The molecule has 1 fully saturated rings. The van der Waals surface area contributed by atoms with Crippen molar-refractivity contribution < 1.29 is 18.7 Å². The van der Waals surface area contributed by atoms with Crippen LogP contribution in [0.5, 0.6) is 0 Å². The number of anilines is 1. The van der Waals surface area contributed by atoms with Crippen LogP contribution in [0.2, 0.25) is 0 Å². The number of halogens is 1. The molecular formula is C24H30FN3O3. The van der Waals surface area contributed by atoms with Gasteiger partial charge < -0.3 is 20.3 Å². The van der Waals surface area contributed by atoms with Gasteiger partial charge in [0.1, 0.15) is 5.82 Å². The van der Waals surface area contributed by atoms with Gasteiger partial charge in [0.2, 0.25) is 5.91 Å². The Kier molecular flexibility index (Phi) is 7.28.